The van der Waals surface area contributed by atoms with Crippen LogP contribution in [0.5, 0.6) is 11.5 Å². The minimum atomic E-state index is 0.0865. The topological polar surface area (TPSA) is 51.2 Å². The summed E-state index contributed by atoms with van der Waals surface area (Å²) in [5.74, 6) is 1.79. The molecular weight excluding hydrogens is 428 g/mol. The zero-order valence-corrected chi connectivity index (χ0v) is 20.6. The second-order valence-corrected chi connectivity index (χ2v) is 9.17. The number of nitrogens with zero attached hydrogens (tertiary/aromatic N) is 2. The molecular formula is C28H38N2O4. The van der Waals surface area contributed by atoms with E-state index in [2.05, 4.69) is 17.0 Å². The van der Waals surface area contributed by atoms with Crippen LogP contribution in [0.15, 0.2) is 48.5 Å². The van der Waals surface area contributed by atoms with E-state index in [9.17, 15) is 4.79 Å². The fraction of sp³-hybridized carbons (Fsp3) is 0.536. The maximum Gasteiger partial charge on any atom is 0.254 e. The van der Waals surface area contributed by atoms with Gasteiger partial charge in [0.25, 0.3) is 5.91 Å². The molecule has 0 N–H and O–H groups in total. The highest BCUT2D eigenvalue weighted by molar-refractivity contribution is 5.95. The van der Waals surface area contributed by atoms with Gasteiger partial charge < -0.3 is 19.1 Å². The molecule has 0 unspecified atom stereocenters. The second kappa shape index (κ2) is 12.2. The number of benzene rings is 2. The molecule has 1 fully saturated rings. The molecule has 1 amide bonds. The number of para-hydroxylation sites is 1. The van der Waals surface area contributed by atoms with Crippen LogP contribution in [0.3, 0.4) is 0 Å². The molecule has 2 aliphatic rings. The second-order valence-electron chi connectivity index (χ2n) is 9.17. The predicted octanol–water partition coefficient (Wildman–Crippen LogP) is 4.77. The average Bonchev–Trinajstić information content (AvgIpc) is 2.87. The first-order valence-corrected chi connectivity index (χ1v) is 12.7. The summed E-state index contributed by atoms with van der Waals surface area (Å²) >= 11 is 0. The number of carbonyl (C=O) groups excluding carboxylic acids is 1. The van der Waals surface area contributed by atoms with E-state index in [1.165, 1.54) is 5.56 Å². The molecule has 2 atom stereocenters. The quantitative estimate of drug-likeness (QED) is 0.635. The number of amides is 1. The van der Waals surface area contributed by atoms with Crippen LogP contribution in [0, 0.1) is 0 Å². The molecule has 2 bridgehead atoms. The zero-order valence-electron chi connectivity index (χ0n) is 20.6. The molecule has 2 aromatic rings. The van der Waals surface area contributed by atoms with Crippen molar-refractivity contribution in [2.75, 3.05) is 40.0 Å². The van der Waals surface area contributed by atoms with Crippen molar-refractivity contribution in [3.05, 3.63) is 59.7 Å². The van der Waals surface area contributed by atoms with Gasteiger partial charge in [-0.15, -0.1) is 0 Å². The Kier molecular flexibility index (Phi) is 8.83. The van der Waals surface area contributed by atoms with Crippen LogP contribution in [0.2, 0.25) is 0 Å². The number of fused-ring (bicyclic) bond motifs is 3. The molecule has 2 aromatic carbocycles. The lowest BCUT2D eigenvalue weighted by molar-refractivity contribution is -0.0156. The Morgan fingerprint density at radius 2 is 1.88 bits per heavy atom. The Labute approximate surface area is 203 Å². The van der Waals surface area contributed by atoms with E-state index in [4.69, 9.17) is 14.2 Å². The molecule has 184 valence electrons. The maximum absolute atomic E-state index is 13.4. The first-order chi connectivity index (χ1) is 16.7. The van der Waals surface area contributed by atoms with Crippen LogP contribution in [-0.2, 0) is 11.3 Å². The van der Waals surface area contributed by atoms with Crippen molar-refractivity contribution < 1.29 is 19.0 Å². The van der Waals surface area contributed by atoms with E-state index in [0.29, 0.717) is 18.8 Å². The summed E-state index contributed by atoms with van der Waals surface area (Å²) in [4.78, 5) is 17.9. The normalized spacial score (nSPS) is 22.4. The van der Waals surface area contributed by atoms with Crippen molar-refractivity contribution in [3.8, 4) is 11.5 Å². The van der Waals surface area contributed by atoms with Gasteiger partial charge in [-0.3, -0.25) is 9.69 Å². The van der Waals surface area contributed by atoms with Crippen LogP contribution in [-0.4, -0.2) is 67.8 Å². The van der Waals surface area contributed by atoms with Gasteiger partial charge in [0.1, 0.15) is 18.1 Å². The molecule has 6 nitrogen and oxygen atoms in total. The molecule has 4 rings (SSSR count). The molecule has 1 saturated heterocycles. The fourth-order valence-electron chi connectivity index (χ4n) is 5.20. The zero-order chi connectivity index (χ0) is 23.8. The number of carbonyl (C=O) groups is 1. The summed E-state index contributed by atoms with van der Waals surface area (Å²) < 4.78 is 17.8. The standard InChI is InChI=1S/C28H38N2O4/c1-3-33-26-14-5-4-10-23(26)21-29-16-7-6-13-25-27(32-2)15-9-17-30(25)28(31)22-11-8-12-24(20-22)34-19-18-29/h4-5,8,10-12,14,20,25,27H,3,6-7,9,13,15-19,21H2,1-2H3/t25-,27-/m1/s1. The van der Waals surface area contributed by atoms with E-state index in [1.807, 2.05) is 48.2 Å². The molecule has 2 heterocycles. The van der Waals surface area contributed by atoms with Gasteiger partial charge in [0.15, 0.2) is 0 Å². The van der Waals surface area contributed by atoms with Gasteiger partial charge >= 0.3 is 0 Å². The summed E-state index contributed by atoms with van der Waals surface area (Å²) in [5, 5.41) is 0. The SMILES string of the molecule is CCOc1ccccc1CN1CCCC[C@@H]2[C@H](OC)CCCN2C(=O)c2cccc(c2)OCC1. The van der Waals surface area contributed by atoms with Crippen LogP contribution < -0.4 is 9.47 Å². The van der Waals surface area contributed by atoms with Gasteiger partial charge in [-0.25, -0.2) is 0 Å². The largest absolute Gasteiger partial charge is 0.494 e. The smallest absolute Gasteiger partial charge is 0.254 e. The summed E-state index contributed by atoms with van der Waals surface area (Å²) in [6.45, 7) is 6.66. The highest BCUT2D eigenvalue weighted by Gasteiger charge is 2.34. The van der Waals surface area contributed by atoms with Crippen molar-refractivity contribution in [1.29, 1.82) is 0 Å². The number of piperidine rings is 1. The van der Waals surface area contributed by atoms with Gasteiger partial charge in [-0.05, 0) is 63.4 Å². The molecule has 0 saturated carbocycles. The molecule has 0 aliphatic carbocycles. The van der Waals surface area contributed by atoms with Crippen molar-refractivity contribution in [1.82, 2.24) is 9.80 Å². The minimum absolute atomic E-state index is 0.0865. The minimum Gasteiger partial charge on any atom is -0.494 e. The first kappa shape index (κ1) is 24.6. The first-order valence-electron chi connectivity index (χ1n) is 12.7. The number of hydrogen-bond donors (Lipinski definition) is 0. The van der Waals surface area contributed by atoms with Gasteiger partial charge in [0.05, 0.1) is 18.8 Å². The lowest BCUT2D eigenvalue weighted by atomic mass is 9.93. The lowest BCUT2D eigenvalue weighted by Gasteiger charge is -2.41. The summed E-state index contributed by atoms with van der Waals surface area (Å²) in [6.07, 6.45) is 5.16. The van der Waals surface area contributed by atoms with E-state index >= 15 is 0 Å². The lowest BCUT2D eigenvalue weighted by Crippen LogP contribution is -2.51. The van der Waals surface area contributed by atoms with Crippen LogP contribution >= 0.6 is 0 Å². The van der Waals surface area contributed by atoms with Crippen molar-refractivity contribution in [2.45, 2.75) is 57.7 Å². The van der Waals surface area contributed by atoms with Crippen LogP contribution in [0.25, 0.3) is 0 Å². The van der Waals surface area contributed by atoms with E-state index < -0.39 is 0 Å². The molecule has 0 radical (unpaired) electrons. The van der Waals surface area contributed by atoms with Gasteiger partial charge in [-0.1, -0.05) is 30.7 Å². The fourth-order valence-corrected chi connectivity index (χ4v) is 5.20. The van der Waals surface area contributed by atoms with Gasteiger partial charge in [0.2, 0.25) is 0 Å². The molecule has 2 aliphatic heterocycles. The Bertz CT molecular complexity index is 934. The summed E-state index contributed by atoms with van der Waals surface area (Å²) in [6, 6.07) is 16.0. The number of hydrogen-bond acceptors (Lipinski definition) is 5. The Balaban J connectivity index is 1.53. The third-order valence-corrected chi connectivity index (χ3v) is 6.93. The Morgan fingerprint density at radius 1 is 1.00 bits per heavy atom. The van der Waals surface area contributed by atoms with Crippen molar-refractivity contribution in [3.63, 3.8) is 0 Å². The van der Waals surface area contributed by atoms with Gasteiger partial charge in [-0.2, -0.15) is 0 Å². The molecule has 34 heavy (non-hydrogen) atoms. The van der Waals surface area contributed by atoms with Gasteiger partial charge in [0, 0.05) is 37.9 Å². The average molecular weight is 467 g/mol. The number of rotatable bonds is 5. The summed E-state index contributed by atoms with van der Waals surface area (Å²) in [7, 11) is 1.77. The predicted molar refractivity (Wildman–Crippen MR) is 134 cm³/mol. The van der Waals surface area contributed by atoms with Crippen LogP contribution in [0.1, 0.15) is 54.9 Å². The molecule has 6 heteroatoms. The number of methoxy groups -OCH3 is 1. The third kappa shape index (κ3) is 6.10. The van der Waals surface area contributed by atoms with Crippen LogP contribution in [0.4, 0.5) is 0 Å². The molecule has 0 aromatic heterocycles. The van der Waals surface area contributed by atoms with E-state index in [-0.39, 0.29) is 18.1 Å². The highest BCUT2D eigenvalue weighted by Crippen LogP contribution is 2.28. The monoisotopic (exact) mass is 466 g/mol. The number of ether oxygens (including phenoxy) is 3. The van der Waals surface area contributed by atoms with E-state index in [1.54, 1.807) is 7.11 Å². The van der Waals surface area contributed by atoms with Crippen molar-refractivity contribution in [2.24, 2.45) is 0 Å². The highest BCUT2D eigenvalue weighted by atomic mass is 16.5. The third-order valence-electron chi connectivity index (χ3n) is 6.93. The van der Waals surface area contributed by atoms with E-state index in [0.717, 1.165) is 69.8 Å². The summed E-state index contributed by atoms with van der Waals surface area (Å²) in [5.41, 5.74) is 1.90. The molecule has 0 spiro atoms. The Hall–Kier alpha value is -2.57. The van der Waals surface area contributed by atoms with Crippen molar-refractivity contribution >= 4 is 5.91 Å². The Morgan fingerprint density at radius 3 is 2.74 bits per heavy atom. The maximum atomic E-state index is 13.4.